The largest absolute Gasteiger partial charge is 0.255 e. The molecule has 0 spiro atoms. The van der Waals surface area contributed by atoms with Crippen molar-refractivity contribution in [1.82, 2.24) is 15.0 Å². The third-order valence-corrected chi connectivity index (χ3v) is 8.93. The smallest absolute Gasteiger partial charge is 0.215 e. The lowest BCUT2D eigenvalue weighted by Crippen LogP contribution is -2.05. The zero-order chi connectivity index (χ0) is 37.0. The molecule has 0 bridgehead atoms. The van der Waals surface area contributed by atoms with Crippen LogP contribution in [0.25, 0.3) is 87.3 Å². The van der Waals surface area contributed by atoms with Crippen molar-refractivity contribution in [2.24, 2.45) is 0 Å². The molecule has 11 heteroatoms. The van der Waals surface area contributed by atoms with Gasteiger partial charge in [0, 0.05) is 27.3 Å². The Morgan fingerprint density at radius 1 is 0.547 bits per heavy atom. The van der Waals surface area contributed by atoms with Crippen LogP contribution < -0.4 is 0 Å². The van der Waals surface area contributed by atoms with Gasteiger partial charge < -0.3 is 0 Å². The van der Waals surface area contributed by atoms with Crippen molar-refractivity contribution in [3.63, 3.8) is 0 Å². The van der Waals surface area contributed by atoms with Gasteiger partial charge in [0.05, 0.1) is 64.0 Å². The Bertz CT molecular complexity index is 2950. The van der Waals surface area contributed by atoms with E-state index in [-0.39, 0.29) is 33.5 Å². The summed E-state index contributed by atoms with van der Waals surface area (Å²) in [5.41, 5.74) is 2.52. The summed E-state index contributed by atoms with van der Waals surface area (Å²) in [6.45, 7) is 15.6. The molecule has 0 atom stereocenters. The molecule has 0 aliphatic rings. The number of nitriles is 1. The van der Waals surface area contributed by atoms with Crippen molar-refractivity contribution in [1.29, 1.82) is 5.26 Å². The van der Waals surface area contributed by atoms with Crippen LogP contribution in [0.1, 0.15) is 5.56 Å². The van der Waals surface area contributed by atoms with Crippen LogP contribution >= 0.6 is 0 Å². The summed E-state index contributed by atoms with van der Waals surface area (Å²) in [5.74, 6) is -10.4. The number of hydrogen-bond donors (Lipinski definition) is 0. The van der Waals surface area contributed by atoms with Crippen LogP contribution in [0, 0.1) is 53.6 Å². The average Bonchev–Trinajstić information content (AvgIpc) is 3.21. The van der Waals surface area contributed by atoms with E-state index in [4.69, 9.17) is 28.1 Å². The van der Waals surface area contributed by atoms with Gasteiger partial charge in [0.2, 0.25) is 11.5 Å². The van der Waals surface area contributed by atoms with E-state index in [2.05, 4.69) is 15.8 Å². The summed E-state index contributed by atoms with van der Waals surface area (Å²) in [5, 5.41) is 10.8. The second kappa shape index (κ2) is 12.6. The average molecular weight is 701 g/mol. The number of benzene rings is 6. The summed E-state index contributed by atoms with van der Waals surface area (Å²) < 4.78 is 73.8. The summed E-state index contributed by atoms with van der Waals surface area (Å²) in [6.07, 6.45) is 0. The first-order valence-corrected chi connectivity index (χ1v) is 15.8. The van der Waals surface area contributed by atoms with Crippen LogP contribution in [0.3, 0.4) is 0 Å². The van der Waals surface area contributed by atoms with E-state index in [1.54, 1.807) is 78.9 Å². The fraction of sp³-hybridized carbons (Fsp3) is 0. The highest BCUT2D eigenvalue weighted by Gasteiger charge is 2.29. The third kappa shape index (κ3) is 5.17. The molecule has 0 radical (unpaired) electrons. The molecule has 2 aromatic heterocycles. The Hall–Kier alpha value is -7.55. The van der Waals surface area contributed by atoms with Gasteiger partial charge in [-0.05, 0) is 35.4 Å². The quantitative estimate of drug-likeness (QED) is 0.0602. The normalized spacial score (nSPS) is 11.1. The number of hydrogen-bond acceptors (Lipinski definition) is 4. The van der Waals surface area contributed by atoms with Crippen molar-refractivity contribution < 1.29 is 22.0 Å². The summed E-state index contributed by atoms with van der Waals surface area (Å²) in [7, 11) is 0. The van der Waals surface area contributed by atoms with E-state index in [0.29, 0.717) is 55.4 Å². The van der Waals surface area contributed by atoms with E-state index in [0.717, 1.165) is 0 Å². The van der Waals surface area contributed by atoms with Crippen molar-refractivity contribution in [2.75, 3.05) is 0 Å². The van der Waals surface area contributed by atoms with Crippen LogP contribution in [0.5, 0.6) is 0 Å². The van der Waals surface area contributed by atoms with E-state index in [1.165, 1.54) is 24.3 Å². The van der Waals surface area contributed by atoms with Crippen LogP contribution in [-0.4, -0.2) is 15.0 Å². The van der Waals surface area contributed by atoms with Gasteiger partial charge in [0.25, 0.3) is 0 Å². The lowest BCUT2D eigenvalue weighted by atomic mass is 9.92. The van der Waals surface area contributed by atoms with E-state index < -0.39 is 34.6 Å². The number of fused-ring (bicyclic) bond motifs is 5. The minimum Gasteiger partial charge on any atom is -0.255 e. The standard InChI is InChI=1S/C42H17F5N6/c1-49-24-17-15-23(16-18-24)38-39(22-13-11-21(20-48)12-14-22)53-42-31-27-9-5-6-10-29(27)51-40(28(31)19-30(50-2)41(42)52-38)26-8-4-3-7-25(26)32-33(43)35(45)37(47)36(46)34(32)44/h3-19H. The van der Waals surface area contributed by atoms with Crippen molar-refractivity contribution in [3.05, 3.63) is 161 Å². The monoisotopic (exact) mass is 700 g/mol. The summed E-state index contributed by atoms with van der Waals surface area (Å²) in [6, 6.07) is 29.7. The van der Waals surface area contributed by atoms with E-state index in [1.807, 2.05) is 0 Å². The van der Waals surface area contributed by atoms with Crippen molar-refractivity contribution >= 4 is 44.1 Å². The highest BCUT2D eigenvalue weighted by atomic mass is 19.2. The zero-order valence-corrected chi connectivity index (χ0v) is 26.9. The second-order valence-electron chi connectivity index (χ2n) is 11.9. The predicted octanol–water partition coefficient (Wildman–Crippen LogP) is 11.7. The van der Waals surface area contributed by atoms with E-state index in [9.17, 15) is 18.4 Å². The lowest BCUT2D eigenvalue weighted by molar-refractivity contribution is 0.381. The molecule has 6 nitrogen and oxygen atoms in total. The van der Waals surface area contributed by atoms with Crippen LogP contribution in [0.4, 0.5) is 33.3 Å². The minimum atomic E-state index is -2.28. The zero-order valence-electron chi connectivity index (χ0n) is 26.9. The minimum absolute atomic E-state index is 0.0403. The lowest BCUT2D eigenvalue weighted by Gasteiger charge is -2.18. The molecule has 250 valence electrons. The molecule has 0 aliphatic carbocycles. The van der Waals surface area contributed by atoms with Gasteiger partial charge in [-0.3, -0.25) is 4.98 Å². The summed E-state index contributed by atoms with van der Waals surface area (Å²) >= 11 is 0. The molecule has 0 amide bonds. The number of halogens is 5. The van der Waals surface area contributed by atoms with E-state index >= 15 is 8.78 Å². The topological polar surface area (TPSA) is 71.2 Å². The van der Waals surface area contributed by atoms with Gasteiger partial charge in [-0.1, -0.05) is 78.9 Å². The second-order valence-corrected chi connectivity index (χ2v) is 11.9. The summed E-state index contributed by atoms with van der Waals surface area (Å²) in [4.78, 5) is 22.2. The first kappa shape index (κ1) is 32.6. The third-order valence-electron chi connectivity index (χ3n) is 8.93. The molecule has 8 aromatic rings. The van der Waals surface area contributed by atoms with Gasteiger partial charge in [0.1, 0.15) is 0 Å². The van der Waals surface area contributed by atoms with Crippen molar-refractivity contribution in [3.8, 4) is 51.0 Å². The SMILES string of the molecule is [C-]#[N+]c1ccc(-c2nc3c([N+]#[C-])cc4c(-c5ccccc5-c5c(F)c(F)c(F)c(F)c5F)nc5ccccc5c4c3nc2-c2ccc(C#N)cc2)cc1. The van der Waals surface area contributed by atoms with Crippen LogP contribution in [0.2, 0.25) is 0 Å². The Labute approximate surface area is 297 Å². The molecular formula is C42H17F5N6. The molecule has 0 N–H and O–H groups in total. The highest BCUT2D eigenvalue weighted by molar-refractivity contribution is 6.24. The Kier molecular flexibility index (Phi) is 7.79. The maximum absolute atomic E-state index is 15.3. The first-order chi connectivity index (χ1) is 25.7. The number of pyridine rings is 1. The van der Waals surface area contributed by atoms with Crippen LogP contribution in [0.15, 0.2) is 103 Å². The first-order valence-electron chi connectivity index (χ1n) is 15.8. The Morgan fingerprint density at radius 3 is 1.74 bits per heavy atom. The van der Waals surface area contributed by atoms with Crippen molar-refractivity contribution in [2.45, 2.75) is 0 Å². The molecule has 6 aromatic carbocycles. The molecule has 0 aliphatic heterocycles. The van der Waals surface area contributed by atoms with Gasteiger partial charge in [0.15, 0.2) is 29.0 Å². The molecule has 2 heterocycles. The number of rotatable bonds is 4. The molecular weight excluding hydrogens is 683 g/mol. The molecule has 0 saturated carbocycles. The van der Waals surface area contributed by atoms with Gasteiger partial charge in [-0.15, -0.1) is 0 Å². The fourth-order valence-electron chi connectivity index (χ4n) is 6.45. The number of nitrogens with zero attached hydrogens (tertiary/aromatic N) is 6. The molecule has 0 saturated heterocycles. The Morgan fingerprint density at radius 2 is 1.11 bits per heavy atom. The number of para-hydroxylation sites is 1. The maximum atomic E-state index is 15.3. The predicted molar refractivity (Wildman–Crippen MR) is 191 cm³/mol. The van der Waals surface area contributed by atoms with Gasteiger partial charge >= 0.3 is 0 Å². The molecule has 53 heavy (non-hydrogen) atoms. The molecule has 0 unspecified atom stereocenters. The van der Waals surface area contributed by atoms with Gasteiger partial charge in [-0.25, -0.2) is 41.6 Å². The number of aromatic nitrogens is 3. The molecule has 8 rings (SSSR count). The highest BCUT2D eigenvalue weighted by Crippen LogP contribution is 2.45. The Balaban J connectivity index is 1.52. The fourth-order valence-corrected chi connectivity index (χ4v) is 6.45. The van der Waals surface area contributed by atoms with Gasteiger partial charge in [-0.2, -0.15) is 5.26 Å². The van der Waals surface area contributed by atoms with Crippen LogP contribution in [-0.2, 0) is 0 Å². The maximum Gasteiger partial charge on any atom is 0.215 e. The molecule has 0 fully saturated rings.